The van der Waals surface area contributed by atoms with Gasteiger partial charge in [-0.3, -0.25) is 14.9 Å². The van der Waals surface area contributed by atoms with Crippen LogP contribution in [0.1, 0.15) is 21.5 Å². The van der Waals surface area contributed by atoms with E-state index in [1.165, 1.54) is 12.1 Å². The van der Waals surface area contributed by atoms with Gasteiger partial charge in [-0.05, 0) is 24.1 Å². The van der Waals surface area contributed by atoms with Gasteiger partial charge in [0.2, 0.25) is 5.75 Å². The average Bonchev–Trinajstić information content (AvgIpc) is 2.41. The molecule has 0 saturated carbocycles. The number of phenolic OH excluding ortho intramolecular Hbond substituents is 1. The zero-order valence-electron chi connectivity index (χ0n) is 10.9. The maximum atomic E-state index is 12.2. The van der Waals surface area contributed by atoms with Crippen LogP contribution in [0.2, 0.25) is 0 Å². The van der Waals surface area contributed by atoms with Gasteiger partial charge in [0, 0.05) is 12.5 Å². The first kappa shape index (κ1) is 13.7. The van der Waals surface area contributed by atoms with Crippen molar-refractivity contribution in [3.63, 3.8) is 0 Å². The summed E-state index contributed by atoms with van der Waals surface area (Å²) < 4.78 is 0. The number of hydrogen-bond donors (Lipinski definition) is 1. The molecule has 102 valence electrons. The number of hydrogen-bond acceptors (Lipinski definition) is 4. The third-order valence-electron chi connectivity index (χ3n) is 2.94. The number of phenols is 1. The largest absolute Gasteiger partial charge is 0.502 e. The molecular weight excluding hydrogens is 258 g/mol. The third kappa shape index (κ3) is 2.83. The van der Waals surface area contributed by atoms with Crippen LogP contribution in [0, 0.1) is 17.0 Å². The molecule has 0 aliphatic rings. The molecule has 0 fully saturated rings. The molecule has 0 radical (unpaired) electrons. The molecule has 0 aliphatic heterocycles. The molecule has 0 spiro atoms. The Morgan fingerprint density at radius 1 is 1.25 bits per heavy atom. The van der Waals surface area contributed by atoms with Crippen molar-refractivity contribution >= 4 is 11.5 Å². The van der Waals surface area contributed by atoms with Gasteiger partial charge in [-0.1, -0.05) is 30.3 Å². The van der Waals surface area contributed by atoms with E-state index in [4.69, 9.17) is 0 Å². The normalized spacial score (nSPS) is 10.2. The summed E-state index contributed by atoms with van der Waals surface area (Å²) in [6.45, 7) is 1.64. The fourth-order valence-corrected chi connectivity index (χ4v) is 1.99. The van der Waals surface area contributed by atoms with Gasteiger partial charge in [0.15, 0.2) is 5.78 Å². The second-order valence-corrected chi connectivity index (χ2v) is 4.52. The number of carbonyl (C=O) groups is 1. The minimum absolute atomic E-state index is 0.0134. The van der Waals surface area contributed by atoms with Crippen LogP contribution in [0.25, 0.3) is 0 Å². The number of aryl methyl sites for hydroxylation is 1. The van der Waals surface area contributed by atoms with Gasteiger partial charge >= 0.3 is 5.69 Å². The van der Waals surface area contributed by atoms with Crippen LogP contribution in [0.3, 0.4) is 0 Å². The molecule has 0 unspecified atom stereocenters. The fraction of sp³-hybridized carbons (Fsp3) is 0.133. The van der Waals surface area contributed by atoms with Crippen molar-refractivity contribution in [2.45, 2.75) is 13.3 Å². The van der Waals surface area contributed by atoms with Crippen LogP contribution in [-0.4, -0.2) is 15.8 Å². The predicted octanol–water partition coefficient (Wildman–Crippen LogP) is 3.03. The SMILES string of the molecule is Cc1cc(C(=O)Cc2ccccc2)c(O)c([N+](=O)[O-])c1. The first-order valence-electron chi connectivity index (χ1n) is 6.04. The van der Waals surface area contributed by atoms with Crippen molar-refractivity contribution in [3.05, 3.63) is 69.3 Å². The van der Waals surface area contributed by atoms with Crippen molar-refractivity contribution in [1.29, 1.82) is 0 Å². The lowest BCUT2D eigenvalue weighted by atomic mass is 10.00. The minimum Gasteiger partial charge on any atom is -0.502 e. The van der Waals surface area contributed by atoms with E-state index in [9.17, 15) is 20.0 Å². The molecule has 5 heteroatoms. The van der Waals surface area contributed by atoms with Crippen LogP contribution in [-0.2, 0) is 6.42 Å². The van der Waals surface area contributed by atoms with E-state index in [1.807, 2.05) is 6.07 Å². The highest BCUT2D eigenvalue weighted by molar-refractivity contribution is 6.01. The van der Waals surface area contributed by atoms with Crippen molar-refractivity contribution in [2.75, 3.05) is 0 Å². The zero-order valence-corrected chi connectivity index (χ0v) is 10.9. The third-order valence-corrected chi connectivity index (χ3v) is 2.94. The number of Topliss-reactive ketones (excluding diaryl/α,β-unsaturated/α-hetero) is 1. The highest BCUT2D eigenvalue weighted by Gasteiger charge is 2.22. The second kappa shape index (κ2) is 5.52. The summed E-state index contributed by atoms with van der Waals surface area (Å²) in [6.07, 6.45) is 0.0923. The van der Waals surface area contributed by atoms with E-state index in [0.717, 1.165) is 5.56 Å². The summed E-state index contributed by atoms with van der Waals surface area (Å²) in [5, 5.41) is 20.7. The van der Waals surface area contributed by atoms with Crippen molar-refractivity contribution in [3.8, 4) is 5.75 Å². The molecule has 1 N–H and O–H groups in total. The number of ketones is 1. The van der Waals surface area contributed by atoms with Gasteiger partial charge in [-0.2, -0.15) is 0 Å². The molecule has 0 amide bonds. The second-order valence-electron chi connectivity index (χ2n) is 4.52. The quantitative estimate of drug-likeness (QED) is 0.526. The first-order valence-corrected chi connectivity index (χ1v) is 6.04. The number of benzene rings is 2. The molecule has 0 saturated heterocycles. The van der Waals surface area contributed by atoms with Gasteiger partial charge in [0.25, 0.3) is 0 Å². The fourth-order valence-electron chi connectivity index (χ4n) is 1.99. The number of carbonyl (C=O) groups excluding carboxylic acids is 1. The smallest absolute Gasteiger partial charge is 0.311 e. The van der Waals surface area contributed by atoms with E-state index < -0.39 is 16.4 Å². The van der Waals surface area contributed by atoms with Gasteiger partial charge in [0.05, 0.1) is 10.5 Å². The lowest BCUT2D eigenvalue weighted by Gasteiger charge is -2.06. The lowest BCUT2D eigenvalue weighted by Crippen LogP contribution is -2.05. The highest BCUT2D eigenvalue weighted by Crippen LogP contribution is 2.31. The lowest BCUT2D eigenvalue weighted by molar-refractivity contribution is -0.385. The Morgan fingerprint density at radius 3 is 2.50 bits per heavy atom. The Hall–Kier alpha value is -2.69. The molecule has 2 aromatic carbocycles. The maximum Gasteiger partial charge on any atom is 0.311 e. The minimum atomic E-state index is -0.693. The van der Waals surface area contributed by atoms with E-state index in [2.05, 4.69) is 0 Å². The van der Waals surface area contributed by atoms with Gasteiger partial charge in [0.1, 0.15) is 0 Å². The number of nitro benzene ring substituents is 1. The van der Waals surface area contributed by atoms with E-state index in [0.29, 0.717) is 5.56 Å². The van der Waals surface area contributed by atoms with Gasteiger partial charge in [-0.25, -0.2) is 0 Å². The standard InChI is InChI=1S/C15H13NO4/c1-10-7-12(15(18)13(8-10)16(19)20)14(17)9-11-5-3-2-4-6-11/h2-8,18H,9H2,1H3. The molecule has 20 heavy (non-hydrogen) atoms. The number of aromatic hydroxyl groups is 1. The molecular formula is C15H13NO4. The summed E-state index contributed by atoms with van der Waals surface area (Å²) in [5.74, 6) is -0.915. The van der Waals surface area contributed by atoms with Crippen LogP contribution in [0.15, 0.2) is 42.5 Å². The summed E-state index contributed by atoms with van der Waals surface area (Å²) in [4.78, 5) is 22.3. The summed E-state index contributed by atoms with van der Waals surface area (Å²) in [6, 6.07) is 11.7. The van der Waals surface area contributed by atoms with Crippen LogP contribution >= 0.6 is 0 Å². The molecule has 2 aromatic rings. The molecule has 5 nitrogen and oxygen atoms in total. The topological polar surface area (TPSA) is 80.4 Å². The predicted molar refractivity (Wildman–Crippen MR) is 74.0 cm³/mol. The zero-order chi connectivity index (χ0) is 14.7. The average molecular weight is 271 g/mol. The Kier molecular flexibility index (Phi) is 3.79. The van der Waals surface area contributed by atoms with E-state index >= 15 is 0 Å². The van der Waals surface area contributed by atoms with Gasteiger partial charge in [-0.15, -0.1) is 0 Å². The van der Waals surface area contributed by atoms with Crippen LogP contribution in [0.5, 0.6) is 5.75 Å². The maximum absolute atomic E-state index is 12.2. The molecule has 0 bridgehead atoms. The van der Waals surface area contributed by atoms with Crippen LogP contribution in [0.4, 0.5) is 5.69 Å². The Morgan fingerprint density at radius 2 is 1.90 bits per heavy atom. The van der Waals surface area contributed by atoms with Gasteiger partial charge < -0.3 is 5.11 Å². The van der Waals surface area contributed by atoms with E-state index in [-0.39, 0.29) is 17.8 Å². The summed E-state index contributed by atoms with van der Waals surface area (Å²) >= 11 is 0. The van der Waals surface area contributed by atoms with Crippen molar-refractivity contribution in [1.82, 2.24) is 0 Å². The van der Waals surface area contributed by atoms with Crippen molar-refractivity contribution < 1.29 is 14.8 Å². The number of rotatable bonds is 4. The molecule has 2 rings (SSSR count). The monoisotopic (exact) mass is 271 g/mol. The Labute approximate surface area is 115 Å². The first-order chi connectivity index (χ1) is 9.49. The van der Waals surface area contributed by atoms with Crippen LogP contribution < -0.4 is 0 Å². The molecule has 0 heterocycles. The summed E-state index contributed by atoms with van der Waals surface area (Å²) in [5.41, 5.74) is 0.897. The van der Waals surface area contributed by atoms with Crippen molar-refractivity contribution in [2.24, 2.45) is 0 Å². The molecule has 0 atom stereocenters. The molecule has 0 aliphatic carbocycles. The van der Waals surface area contributed by atoms with E-state index in [1.54, 1.807) is 31.2 Å². The molecule has 0 aromatic heterocycles. The Bertz CT molecular complexity index is 665. The highest BCUT2D eigenvalue weighted by atomic mass is 16.6. The number of nitrogens with zero attached hydrogens (tertiary/aromatic N) is 1. The Balaban J connectivity index is 2.37. The number of nitro groups is 1. The summed E-state index contributed by atoms with van der Waals surface area (Å²) in [7, 11) is 0.